The van der Waals surface area contributed by atoms with Crippen molar-refractivity contribution in [2.24, 2.45) is 0 Å². The molecule has 0 unspecified atom stereocenters. The van der Waals surface area contributed by atoms with E-state index in [1.54, 1.807) is 0 Å². The molecule has 57 heavy (non-hydrogen) atoms. The summed E-state index contributed by atoms with van der Waals surface area (Å²) in [6.07, 6.45) is 0. The van der Waals surface area contributed by atoms with E-state index < -0.39 is 8.07 Å². The maximum atomic E-state index is 5.33. The lowest BCUT2D eigenvalue weighted by atomic mass is 10.2. The lowest BCUT2D eigenvalue weighted by Gasteiger charge is -2.35. The summed E-state index contributed by atoms with van der Waals surface area (Å²) >= 11 is 0. The van der Waals surface area contributed by atoms with Crippen LogP contribution in [0.15, 0.2) is 206 Å². The highest BCUT2D eigenvalue weighted by Crippen LogP contribution is 2.33. The maximum absolute atomic E-state index is 5.33. The van der Waals surface area contributed by atoms with Gasteiger partial charge in [0.25, 0.3) is 0 Å². The third kappa shape index (κ3) is 4.51. The molecule has 0 amide bonds. The number of benzene rings is 8. The molecule has 0 aliphatic heterocycles. The van der Waals surface area contributed by atoms with Crippen molar-refractivity contribution in [3.8, 4) is 11.4 Å². The quantitative estimate of drug-likeness (QED) is 0.127. The third-order valence-electron chi connectivity index (χ3n) is 11.7. The second kappa shape index (κ2) is 12.3. The molecule has 0 radical (unpaired) electrons. The Labute approximate surface area is 328 Å². The fraction of sp³-hybridized carbons (Fsp3) is 0. The van der Waals surface area contributed by atoms with Crippen molar-refractivity contribution in [2.45, 2.75) is 0 Å². The van der Waals surface area contributed by atoms with Gasteiger partial charge in [-0.25, -0.2) is 9.97 Å². The molecule has 6 nitrogen and oxygen atoms in total. The molecular weight excluding hydrogens is 713 g/mol. The van der Waals surface area contributed by atoms with Crippen molar-refractivity contribution in [3.05, 3.63) is 206 Å². The van der Waals surface area contributed by atoms with E-state index >= 15 is 0 Å². The van der Waals surface area contributed by atoms with Gasteiger partial charge in [-0.1, -0.05) is 140 Å². The molecule has 0 aliphatic rings. The lowest BCUT2D eigenvalue weighted by Crippen LogP contribution is -2.74. The molecule has 8 aromatic carbocycles. The van der Waals surface area contributed by atoms with Gasteiger partial charge in [-0.3, -0.25) is 17.9 Å². The SMILES string of the molecule is c1ccc([Si](c2ccccc2)(c2ccccc2)c2cc(-n3c4ccccc4n4c5ccccc5nc34)cc(-n3c4ccccc4n4c5ccccc5nc34)c2)cc1. The van der Waals surface area contributed by atoms with Crippen molar-refractivity contribution < 1.29 is 0 Å². The molecule has 0 saturated carbocycles. The fourth-order valence-electron chi connectivity index (χ4n) is 9.35. The van der Waals surface area contributed by atoms with Gasteiger partial charge in [0.2, 0.25) is 11.6 Å². The van der Waals surface area contributed by atoms with Gasteiger partial charge in [-0.05, 0) is 87.5 Å². The van der Waals surface area contributed by atoms with Crippen molar-refractivity contribution in [3.63, 3.8) is 0 Å². The molecule has 0 saturated heterocycles. The number of rotatable bonds is 6. The van der Waals surface area contributed by atoms with Gasteiger partial charge in [0.1, 0.15) is 0 Å². The Balaban J connectivity index is 1.29. The van der Waals surface area contributed by atoms with Crippen LogP contribution in [0.2, 0.25) is 0 Å². The first-order valence-corrected chi connectivity index (χ1v) is 21.4. The third-order valence-corrected chi connectivity index (χ3v) is 16.4. The van der Waals surface area contributed by atoms with E-state index in [-0.39, 0.29) is 0 Å². The average Bonchev–Trinajstić information content (AvgIpc) is 4.01. The second-order valence-electron chi connectivity index (χ2n) is 14.7. The van der Waals surface area contributed by atoms with E-state index in [0.717, 1.165) is 67.1 Å². The van der Waals surface area contributed by atoms with Crippen molar-refractivity contribution in [1.29, 1.82) is 0 Å². The Kier molecular flexibility index (Phi) is 6.85. The van der Waals surface area contributed by atoms with Crippen molar-refractivity contribution >= 4 is 84.5 Å². The van der Waals surface area contributed by atoms with Crippen LogP contribution in [0.5, 0.6) is 0 Å². The maximum Gasteiger partial charge on any atom is 0.220 e. The molecule has 0 N–H and O–H groups in total. The minimum atomic E-state index is -3.00. The molecular formula is C50H34N6Si. The number of aromatic nitrogens is 6. The molecule has 7 heteroatoms. The van der Waals surface area contributed by atoms with E-state index in [1.807, 2.05) is 0 Å². The minimum Gasteiger partial charge on any atom is -0.278 e. The molecule has 0 spiro atoms. The highest BCUT2D eigenvalue weighted by Gasteiger charge is 2.42. The molecule has 0 atom stereocenters. The standard InChI is InChI=1S/C50H34N6Si/c1-4-18-37(19-5-1)57(38-20-6-2-7-21-38,39-22-8-3-9-23-39)40-33-35(53-45-28-14-16-30-47(45)55-43-26-12-10-24-41(43)51-49(53)55)32-36(34-40)54-46-29-15-17-31-48(46)56-44-27-13-11-25-42(44)52-50(54)56/h1-34H. The van der Waals surface area contributed by atoms with Crippen LogP contribution in [0.25, 0.3) is 67.1 Å². The van der Waals surface area contributed by atoms with E-state index in [1.165, 1.54) is 20.7 Å². The molecule has 12 rings (SSSR count). The summed E-state index contributed by atoms with van der Waals surface area (Å²) in [5.41, 5.74) is 10.6. The molecule has 268 valence electrons. The molecule has 0 fully saturated rings. The second-order valence-corrected chi connectivity index (χ2v) is 18.5. The summed E-state index contributed by atoms with van der Waals surface area (Å²) in [6, 6.07) is 74.9. The largest absolute Gasteiger partial charge is 0.278 e. The van der Waals surface area contributed by atoms with Crippen LogP contribution in [0, 0.1) is 0 Å². The molecule has 4 heterocycles. The number of imidazole rings is 4. The zero-order valence-corrected chi connectivity index (χ0v) is 31.8. The van der Waals surface area contributed by atoms with Crippen molar-refractivity contribution in [1.82, 2.24) is 27.9 Å². The molecule has 12 aromatic rings. The van der Waals surface area contributed by atoms with Crippen LogP contribution in [-0.4, -0.2) is 36.0 Å². The Morgan fingerprint density at radius 3 is 1.04 bits per heavy atom. The van der Waals surface area contributed by atoms with E-state index in [0.29, 0.717) is 0 Å². The van der Waals surface area contributed by atoms with Crippen LogP contribution in [0.4, 0.5) is 0 Å². The van der Waals surface area contributed by atoms with Gasteiger partial charge in [-0.2, -0.15) is 0 Å². The highest BCUT2D eigenvalue weighted by molar-refractivity contribution is 7.20. The summed E-state index contributed by atoms with van der Waals surface area (Å²) in [7, 11) is -3.00. The predicted molar refractivity (Wildman–Crippen MR) is 236 cm³/mol. The normalized spacial score (nSPS) is 12.2. The summed E-state index contributed by atoms with van der Waals surface area (Å²) < 4.78 is 9.32. The van der Waals surface area contributed by atoms with Crippen LogP contribution < -0.4 is 20.7 Å². The minimum absolute atomic E-state index is 0.876. The lowest BCUT2D eigenvalue weighted by molar-refractivity contribution is 1.08. The number of hydrogen-bond acceptors (Lipinski definition) is 2. The first-order chi connectivity index (χ1) is 28.3. The highest BCUT2D eigenvalue weighted by atomic mass is 28.3. The van der Waals surface area contributed by atoms with E-state index in [4.69, 9.17) is 9.97 Å². The summed E-state index contributed by atoms with van der Waals surface area (Å²) in [5, 5.41) is 5.20. The fourth-order valence-corrected chi connectivity index (χ4v) is 14.2. The summed E-state index contributed by atoms with van der Waals surface area (Å²) in [4.78, 5) is 10.7. The zero-order valence-electron chi connectivity index (χ0n) is 30.8. The van der Waals surface area contributed by atoms with Gasteiger partial charge in [-0.15, -0.1) is 0 Å². The summed E-state index contributed by atoms with van der Waals surface area (Å²) in [5.74, 6) is 1.75. The Morgan fingerprint density at radius 2 is 0.632 bits per heavy atom. The van der Waals surface area contributed by atoms with Crippen molar-refractivity contribution in [2.75, 3.05) is 0 Å². The average molecular weight is 747 g/mol. The molecule has 0 bridgehead atoms. The number of nitrogens with zero attached hydrogens (tertiary/aromatic N) is 6. The Morgan fingerprint density at radius 1 is 0.298 bits per heavy atom. The Bertz CT molecular complexity index is 3200. The predicted octanol–water partition coefficient (Wildman–Crippen LogP) is 8.55. The number of para-hydroxylation sites is 8. The van der Waals surface area contributed by atoms with E-state index in [2.05, 4.69) is 224 Å². The monoisotopic (exact) mass is 746 g/mol. The van der Waals surface area contributed by atoms with Gasteiger partial charge in [0, 0.05) is 0 Å². The topological polar surface area (TPSA) is 44.5 Å². The van der Waals surface area contributed by atoms with Gasteiger partial charge < -0.3 is 0 Å². The summed E-state index contributed by atoms with van der Waals surface area (Å²) in [6.45, 7) is 0. The molecule has 0 aliphatic carbocycles. The molecule has 4 aromatic heterocycles. The number of fused-ring (bicyclic) bond motifs is 10. The van der Waals surface area contributed by atoms with Gasteiger partial charge >= 0.3 is 0 Å². The first kappa shape index (κ1) is 31.8. The first-order valence-electron chi connectivity index (χ1n) is 19.4. The van der Waals surface area contributed by atoms with Crippen LogP contribution in [0.3, 0.4) is 0 Å². The Hall–Kier alpha value is -7.48. The smallest absolute Gasteiger partial charge is 0.220 e. The van der Waals surface area contributed by atoms with Gasteiger partial charge in [0.05, 0.1) is 55.5 Å². The van der Waals surface area contributed by atoms with Crippen LogP contribution in [-0.2, 0) is 0 Å². The van der Waals surface area contributed by atoms with Crippen LogP contribution in [0.1, 0.15) is 0 Å². The number of hydrogen-bond donors (Lipinski definition) is 0. The van der Waals surface area contributed by atoms with E-state index in [9.17, 15) is 0 Å². The van der Waals surface area contributed by atoms with Gasteiger partial charge in [0.15, 0.2) is 8.07 Å². The van der Waals surface area contributed by atoms with Crippen LogP contribution >= 0.6 is 0 Å². The zero-order chi connectivity index (χ0) is 37.5.